The maximum Gasteiger partial charge on any atom is 0.240 e. The van der Waals surface area contributed by atoms with Crippen LogP contribution < -0.4 is 10.2 Å². The van der Waals surface area contributed by atoms with Gasteiger partial charge in [-0.05, 0) is 49.6 Å². The number of carbonyl (C=O) groups excluding carboxylic acids is 1. The largest absolute Gasteiger partial charge is 0.494 e. The Hall–Kier alpha value is -1.84. The third kappa shape index (κ3) is 5.55. The van der Waals surface area contributed by atoms with Gasteiger partial charge in [0.25, 0.3) is 0 Å². The van der Waals surface area contributed by atoms with Gasteiger partial charge >= 0.3 is 0 Å². The van der Waals surface area contributed by atoms with Gasteiger partial charge in [0.1, 0.15) is 5.75 Å². The summed E-state index contributed by atoms with van der Waals surface area (Å²) >= 11 is 0. The number of nitrogens with zero attached hydrogens (tertiary/aromatic N) is 1. The van der Waals surface area contributed by atoms with Crippen LogP contribution in [-0.2, 0) is 4.79 Å². The van der Waals surface area contributed by atoms with Gasteiger partial charge in [0.05, 0.1) is 12.3 Å². The molecule has 0 fully saturated rings. The van der Waals surface area contributed by atoms with Crippen LogP contribution in [0.5, 0.6) is 5.75 Å². The van der Waals surface area contributed by atoms with Crippen LogP contribution in [0.1, 0.15) is 39.7 Å². The minimum Gasteiger partial charge on any atom is -0.494 e. The molecule has 4 nitrogen and oxygen atoms in total. The molecular formula is C15H22N2O2. The SMILES string of the molecule is CCOc1ccc(/C(C)=N/NC(=O)CC(C)C)cc1. The zero-order valence-electron chi connectivity index (χ0n) is 12.1. The monoisotopic (exact) mass is 262 g/mol. The van der Waals surface area contributed by atoms with Crippen LogP contribution in [-0.4, -0.2) is 18.2 Å². The predicted octanol–water partition coefficient (Wildman–Crippen LogP) is 2.97. The van der Waals surface area contributed by atoms with Crippen LogP contribution in [0.3, 0.4) is 0 Å². The van der Waals surface area contributed by atoms with Crippen LogP contribution in [0.2, 0.25) is 0 Å². The molecule has 0 unspecified atom stereocenters. The van der Waals surface area contributed by atoms with Crippen molar-refractivity contribution in [3.63, 3.8) is 0 Å². The molecule has 1 aromatic rings. The van der Waals surface area contributed by atoms with E-state index in [1.807, 2.05) is 52.0 Å². The number of benzene rings is 1. The van der Waals surface area contributed by atoms with Crippen molar-refractivity contribution < 1.29 is 9.53 Å². The van der Waals surface area contributed by atoms with E-state index in [1.165, 1.54) is 0 Å². The summed E-state index contributed by atoms with van der Waals surface area (Å²) in [7, 11) is 0. The highest BCUT2D eigenvalue weighted by atomic mass is 16.5. The number of hydrazone groups is 1. The molecule has 1 aromatic carbocycles. The minimum absolute atomic E-state index is 0.0553. The molecule has 104 valence electrons. The fourth-order valence-electron chi connectivity index (χ4n) is 1.59. The third-order valence-corrected chi connectivity index (χ3v) is 2.53. The topological polar surface area (TPSA) is 50.7 Å². The van der Waals surface area contributed by atoms with Gasteiger partial charge < -0.3 is 4.74 Å². The van der Waals surface area contributed by atoms with E-state index < -0.39 is 0 Å². The molecule has 0 aliphatic heterocycles. The van der Waals surface area contributed by atoms with E-state index in [0.29, 0.717) is 18.9 Å². The van der Waals surface area contributed by atoms with E-state index >= 15 is 0 Å². The Morgan fingerprint density at radius 3 is 2.47 bits per heavy atom. The summed E-state index contributed by atoms with van der Waals surface area (Å²) in [6, 6.07) is 7.65. The van der Waals surface area contributed by atoms with Crippen molar-refractivity contribution >= 4 is 11.6 Å². The van der Waals surface area contributed by atoms with Gasteiger partial charge in [-0.1, -0.05) is 13.8 Å². The molecule has 0 saturated carbocycles. The van der Waals surface area contributed by atoms with Gasteiger partial charge in [-0.2, -0.15) is 5.10 Å². The zero-order valence-corrected chi connectivity index (χ0v) is 12.1. The summed E-state index contributed by atoms with van der Waals surface area (Å²) in [6.07, 6.45) is 0.486. The molecular weight excluding hydrogens is 240 g/mol. The van der Waals surface area contributed by atoms with Crippen LogP contribution in [0.15, 0.2) is 29.4 Å². The van der Waals surface area contributed by atoms with Crippen molar-refractivity contribution in [2.24, 2.45) is 11.0 Å². The van der Waals surface area contributed by atoms with E-state index in [9.17, 15) is 4.79 Å². The van der Waals surface area contributed by atoms with Gasteiger partial charge in [0.2, 0.25) is 5.91 Å². The van der Waals surface area contributed by atoms with E-state index in [0.717, 1.165) is 17.0 Å². The smallest absolute Gasteiger partial charge is 0.240 e. The van der Waals surface area contributed by atoms with Crippen molar-refractivity contribution in [1.29, 1.82) is 0 Å². The quantitative estimate of drug-likeness (QED) is 0.633. The summed E-state index contributed by atoms with van der Waals surface area (Å²) in [5.41, 5.74) is 4.31. The fourth-order valence-corrected chi connectivity index (χ4v) is 1.59. The molecule has 1 amide bonds. The number of rotatable bonds is 6. The zero-order chi connectivity index (χ0) is 14.3. The fraction of sp³-hybridized carbons (Fsp3) is 0.467. The molecule has 1 N–H and O–H groups in total. The Balaban J connectivity index is 2.61. The minimum atomic E-state index is -0.0553. The van der Waals surface area contributed by atoms with Crippen LogP contribution in [0, 0.1) is 5.92 Å². The molecule has 0 radical (unpaired) electrons. The van der Waals surface area contributed by atoms with Crippen molar-refractivity contribution in [1.82, 2.24) is 5.43 Å². The van der Waals surface area contributed by atoms with Crippen molar-refractivity contribution in [3.8, 4) is 5.75 Å². The average Bonchev–Trinajstić information content (AvgIpc) is 2.36. The Bertz CT molecular complexity index is 436. The lowest BCUT2D eigenvalue weighted by atomic mass is 10.1. The summed E-state index contributed by atoms with van der Waals surface area (Å²) in [6.45, 7) is 8.47. The Labute approximate surface area is 114 Å². The first-order valence-electron chi connectivity index (χ1n) is 6.59. The van der Waals surface area contributed by atoms with Gasteiger partial charge in [0, 0.05) is 6.42 Å². The number of hydrogen-bond donors (Lipinski definition) is 1. The molecule has 0 spiro atoms. The van der Waals surface area contributed by atoms with Gasteiger partial charge in [0.15, 0.2) is 0 Å². The first kappa shape index (κ1) is 15.2. The molecule has 0 atom stereocenters. The van der Waals surface area contributed by atoms with Crippen LogP contribution in [0.25, 0.3) is 0 Å². The standard InChI is InChI=1S/C15H22N2O2/c1-5-19-14-8-6-13(7-9-14)12(4)16-17-15(18)10-11(2)3/h6-9,11H,5,10H2,1-4H3,(H,17,18)/b16-12+. The van der Waals surface area contributed by atoms with Gasteiger partial charge in [-0.3, -0.25) is 4.79 Å². The molecule has 0 aliphatic rings. The Morgan fingerprint density at radius 1 is 1.32 bits per heavy atom. The average molecular weight is 262 g/mol. The third-order valence-electron chi connectivity index (χ3n) is 2.53. The first-order chi connectivity index (χ1) is 9.02. The second kappa shape index (κ2) is 7.56. The van der Waals surface area contributed by atoms with Crippen molar-refractivity contribution in [2.75, 3.05) is 6.61 Å². The molecule has 19 heavy (non-hydrogen) atoms. The van der Waals surface area contributed by atoms with Crippen LogP contribution in [0.4, 0.5) is 0 Å². The first-order valence-corrected chi connectivity index (χ1v) is 6.59. The lowest BCUT2D eigenvalue weighted by molar-refractivity contribution is -0.121. The molecule has 0 heterocycles. The lowest BCUT2D eigenvalue weighted by Crippen LogP contribution is -2.20. The number of hydrogen-bond acceptors (Lipinski definition) is 3. The summed E-state index contributed by atoms with van der Waals surface area (Å²) in [5.74, 6) is 1.11. The molecule has 0 bridgehead atoms. The highest BCUT2D eigenvalue weighted by Gasteiger charge is 2.04. The second-order valence-electron chi connectivity index (χ2n) is 4.79. The maximum atomic E-state index is 11.5. The number of amides is 1. The number of carbonyl (C=O) groups is 1. The van der Waals surface area contributed by atoms with E-state index in [-0.39, 0.29) is 5.91 Å². The van der Waals surface area contributed by atoms with Crippen molar-refractivity contribution in [3.05, 3.63) is 29.8 Å². The molecule has 0 aromatic heterocycles. The van der Waals surface area contributed by atoms with E-state index in [2.05, 4.69) is 10.5 Å². The summed E-state index contributed by atoms with van der Waals surface area (Å²) in [4.78, 5) is 11.5. The highest BCUT2D eigenvalue weighted by molar-refractivity contribution is 5.99. The second-order valence-corrected chi connectivity index (χ2v) is 4.79. The Morgan fingerprint density at radius 2 is 1.95 bits per heavy atom. The van der Waals surface area contributed by atoms with Crippen LogP contribution >= 0.6 is 0 Å². The normalized spacial score (nSPS) is 11.5. The van der Waals surface area contributed by atoms with Gasteiger partial charge in [-0.15, -0.1) is 0 Å². The molecule has 4 heteroatoms. The predicted molar refractivity (Wildman–Crippen MR) is 77.4 cm³/mol. The summed E-state index contributed by atoms with van der Waals surface area (Å²) in [5, 5.41) is 4.10. The highest BCUT2D eigenvalue weighted by Crippen LogP contribution is 2.12. The van der Waals surface area contributed by atoms with Crippen molar-refractivity contribution in [2.45, 2.75) is 34.1 Å². The Kier molecular flexibility index (Phi) is 6.06. The van der Waals surface area contributed by atoms with E-state index in [4.69, 9.17) is 4.74 Å². The number of nitrogens with one attached hydrogen (secondary N) is 1. The van der Waals surface area contributed by atoms with Gasteiger partial charge in [-0.25, -0.2) is 5.43 Å². The van der Waals surface area contributed by atoms with E-state index in [1.54, 1.807) is 0 Å². The lowest BCUT2D eigenvalue weighted by Gasteiger charge is -2.06. The maximum absolute atomic E-state index is 11.5. The molecule has 1 rings (SSSR count). The molecule has 0 saturated heterocycles. The summed E-state index contributed by atoms with van der Waals surface area (Å²) < 4.78 is 5.37. The number of ether oxygens (including phenoxy) is 1. The molecule has 0 aliphatic carbocycles.